The molecule has 3 nitrogen and oxygen atoms in total. The quantitative estimate of drug-likeness (QED) is 0.923. The van der Waals surface area contributed by atoms with Crippen LogP contribution in [0, 0.1) is 11.3 Å². The fraction of sp³-hybridized carbons (Fsp3) is 0.500. The lowest BCUT2D eigenvalue weighted by Crippen LogP contribution is -2.57. The summed E-state index contributed by atoms with van der Waals surface area (Å²) in [6, 6.07) is 6.86. The van der Waals surface area contributed by atoms with Crippen molar-refractivity contribution in [1.82, 2.24) is 10.2 Å². The lowest BCUT2D eigenvalue weighted by molar-refractivity contribution is 0.106. The smallest absolute Gasteiger partial charge is 0.133 e. The molecular formula is C10H12BrN3S. The Bertz CT molecular complexity index is 378. The van der Waals surface area contributed by atoms with Crippen LogP contribution >= 0.6 is 27.3 Å². The first-order valence-electron chi connectivity index (χ1n) is 4.80. The molecule has 1 saturated heterocycles. The van der Waals surface area contributed by atoms with Crippen LogP contribution in [0.5, 0.6) is 0 Å². The highest BCUT2D eigenvalue weighted by atomic mass is 79.9. The Morgan fingerprint density at radius 1 is 1.67 bits per heavy atom. The first-order valence-corrected chi connectivity index (χ1v) is 6.41. The maximum Gasteiger partial charge on any atom is 0.133 e. The van der Waals surface area contributed by atoms with Crippen molar-refractivity contribution < 1.29 is 0 Å². The van der Waals surface area contributed by atoms with Gasteiger partial charge in [0.05, 0.1) is 9.86 Å². The molecule has 1 N–H and O–H groups in total. The Hall–Kier alpha value is -0.410. The van der Waals surface area contributed by atoms with Gasteiger partial charge in [-0.1, -0.05) is 0 Å². The minimum Gasteiger partial charge on any atom is -0.315 e. The lowest BCUT2D eigenvalue weighted by Gasteiger charge is -2.41. The van der Waals surface area contributed by atoms with Crippen LogP contribution in [0.3, 0.4) is 0 Å². The van der Waals surface area contributed by atoms with E-state index in [0.717, 1.165) is 21.8 Å². The zero-order valence-electron chi connectivity index (χ0n) is 8.40. The molecule has 1 atom stereocenters. The zero-order valence-corrected chi connectivity index (χ0v) is 10.8. The topological polar surface area (TPSA) is 39.1 Å². The van der Waals surface area contributed by atoms with Crippen molar-refractivity contribution in [2.24, 2.45) is 0 Å². The summed E-state index contributed by atoms with van der Waals surface area (Å²) in [5.41, 5.74) is 0. The number of halogens is 1. The van der Waals surface area contributed by atoms with Crippen LogP contribution in [0.15, 0.2) is 15.9 Å². The van der Waals surface area contributed by atoms with Crippen LogP contribution in [0.1, 0.15) is 10.9 Å². The summed E-state index contributed by atoms with van der Waals surface area (Å²) >= 11 is 5.06. The number of hydrogen-bond acceptors (Lipinski definition) is 4. The molecule has 2 heterocycles. The van der Waals surface area contributed by atoms with E-state index in [1.165, 1.54) is 0 Å². The van der Waals surface area contributed by atoms with Gasteiger partial charge in [-0.05, 0) is 35.1 Å². The fourth-order valence-electron chi connectivity index (χ4n) is 1.71. The first-order chi connectivity index (χ1) is 7.24. The highest BCUT2D eigenvalue weighted by Gasteiger charge is 2.32. The first kappa shape index (κ1) is 11.1. The molecule has 0 aliphatic carbocycles. The van der Waals surface area contributed by atoms with Gasteiger partial charge in [-0.2, -0.15) is 5.26 Å². The summed E-state index contributed by atoms with van der Waals surface area (Å²) in [5, 5.41) is 12.4. The largest absolute Gasteiger partial charge is 0.315 e. The van der Waals surface area contributed by atoms with Gasteiger partial charge in [-0.15, -0.1) is 11.3 Å². The van der Waals surface area contributed by atoms with Gasteiger partial charge in [0.1, 0.15) is 6.04 Å². The minimum absolute atomic E-state index is 0.0779. The predicted octanol–water partition coefficient (Wildman–Crippen LogP) is 1.98. The average Bonchev–Trinajstić information content (AvgIpc) is 2.57. The van der Waals surface area contributed by atoms with Gasteiger partial charge in [-0.25, -0.2) is 0 Å². The maximum absolute atomic E-state index is 9.16. The highest BCUT2D eigenvalue weighted by Crippen LogP contribution is 2.32. The minimum atomic E-state index is -0.0779. The average molecular weight is 286 g/mol. The van der Waals surface area contributed by atoms with E-state index in [0.29, 0.717) is 6.04 Å². The molecule has 0 bridgehead atoms. The molecule has 5 heteroatoms. The normalized spacial score (nSPS) is 19.5. The van der Waals surface area contributed by atoms with Crippen molar-refractivity contribution in [2.75, 3.05) is 20.1 Å². The molecule has 1 aliphatic heterocycles. The molecule has 2 rings (SSSR count). The molecule has 0 unspecified atom stereocenters. The molecule has 1 fully saturated rings. The molecule has 1 aromatic rings. The predicted molar refractivity (Wildman–Crippen MR) is 64.8 cm³/mol. The highest BCUT2D eigenvalue weighted by molar-refractivity contribution is 9.11. The molecule has 0 saturated carbocycles. The Kier molecular flexibility index (Phi) is 3.42. The SMILES string of the molecule is CNC1CN([C@H](C#N)c2ccc(Br)s2)C1. The molecule has 1 aliphatic rings. The second-order valence-electron chi connectivity index (χ2n) is 3.61. The second-order valence-corrected chi connectivity index (χ2v) is 6.11. The molecule has 0 radical (unpaired) electrons. The molecule has 1 aromatic heterocycles. The molecular weight excluding hydrogens is 274 g/mol. The van der Waals surface area contributed by atoms with Crippen LogP contribution in [0.4, 0.5) is 0 Å². The van der Waals surface area contributed by atoms with Gasteiger partial charge in [0, 0.05) is 24.0 Å². The third-order valence-corrected chi connectivity index (χ3v) is 4.35. The Labute approximate surface area is 102 Å². The van der Waals surface area contributed by atoms with Crippen molar-refractivity contribution in [2.45, 2.75) is 12.1 Å². The standard InChI is InChI=1S/C10H12BrN3S/c1-13-7-5-14(6-7)8(4-12)9-2-3-10(11)15-9/h2-3,7-8,13H,5-6H2,1H3/t8-/m1/s1. The molecule has 0 spiro atoms. The number of nitriles is 1. The van der Waals surface area contributed by atoms with Crippen LogP contribution in [0.2, 0.25) is 0 Å². The summed E-state index contributed by atoms with van der Waals surface area (Å²) in [5.74, 6) is 0. The van der Waals surface area contributed by atoms with Crippen LogP contribution in [0.25, 0.3) is 0 Å². The van der Waals surface area contributed by atoms with E-state index in [1.54, 1.807) is 11.3 Å². The Balaban J connectivity index is 2.04. The van der Waals surface area contributed by atoms with Crippen molar-refractivity contribution in [3.63, 3.8) is 0 Å². The van der Waals surface area contributed by atoms with Gasteiger partial charge in [0.25, 0.3) is 0 Å². The monoisotopic (exact) mass is 285 g/mol. The summed E-state index contributed by atoms with van der Waals surface area (Å²) in [7, 11) is 1.96. The summed E-state index contributed by atoms with van der Waals surface area (Å²) < 4.78 is 1.09. The summed E-state index contributed by atoms with van der Waals surface area (Å²) in [4.78, 5) is 3.32. The Morgan fingerprint density at radius 3 is 2.87 bits per heavy atom. The summed E-state index contributed by atoms with van der Waals surface area (Å²) in [6.45, 7) is 1.93. The van der Waals surface area contributed by atoms with E-state index in [4.69, 9.17) is 5.26 Å². The van der Waals surface area contributed by atoms with E-state index in [2.05, 4.69) is 32.2 Å². The van der Waals surface area contributed by atoms with Crippen molar-refractivity contribution in [3.8, 4) is 6.07 Å². The number of nitrogens with one attached hydrogen (secondary N) is 1. The third-order valence-electron chi connectivity index (χ3n) is 2.67. The van der Waals surface area contributed by atoms with Crippen molar-refractivity contribution in [3.05, 3.63) is 20.8 Å². The van der Waals surface area contributed by atoms with Gasteiger partial charge in [0.15, 0.2) is 0 Å². The van der Waals surface area contributed by atoms with E-state index >= 15 is 0 Å². The van der Waals surface area contributed by atoms with Crippen LogP contribution < -0.4 is 5.32 Å². The van der Waals surface area contributed by atoms with Gasteiger partial charge < -0.3 is 5.32 Å². The molecule has 80 valence electrons. The van der Waals surface area contributed by atoms with Gasteiger partial charge in [0.2, 0.25) is 0 Å². The molecule has 15 heavy (non-hydrogen) atoms. The number of thiophene rings is 1. The van der Waals surface area contributed by atoms with Crippen molar-refractivity contribution >= 4 is 27.3 Å². The van der Waals surface area contributed by atoms with Gasteiger partial charge >= 0.3 is 0 Å². The molecule has 0 amide bonds. The lowest BCUT2D eigenvalue weighted by atomic mass is 10.1. The van der Waals surface area contributed by atoms with Crippen molar-refractivity contribution in [1.29, 1.82) is 5.26 Å². The Morgan fingerprint density at radius 2 is 2.40 bits per heavy atom. The van der Waals surface area contributed by atoms with Crippen LogP contribution in [-0.4, -0.2) is 31.1 Å². The number of rotatable bonds is 3. The maximum atomic E-state index is 9.16. The summed E-state index contributed by atoms with van der Waals surface area (Å²) in [6.07, 6.45) is 0. The van der Waals surface area contributed by atoms with Gasteiger partial charge in [-0.3, -0.25) is 4.90 Å². The number of likely N-dealkylation sites (tertiary alicyclic amines) is 1. The van der Waals surface area contributed by atoms with E-state index in [1.807, 2.05) is 19.2 Å². The van der Waals surface area contributed by atoms with E-state index in [-0.39, 0.29) is 6.04 Å². The van der Waals surface area contributed by atoms with E-state index in [9.17, 15) is 0 Å². The number of hydrogen-bond donors (Lipinski definition) is 1. The zero-order chi connectivity index (χ0) is 10.8. The number of nitrogens with zero attached hydrogens (tertiary/aromatic N) is 2. The fourth-order valence-corrected chi connectivity index (χ4v) is 3.21. The second kappa shape index (κ2) is 4.62. The third kappa shape index (κ3) is 2.23. The van der Waals surface area contributed by atoms with Crippen LogP contribution in [-0.2, 0) is 0 Å². The van der Waals surface area contributed by atoms with E-state index < -0.39 is 0 Å². The number of likely N-dealkylation sites (N-methyl/N-ethyl adjacent to an activating group) is 1. The molecule has 0 aromatic carbocycles.